The maximum atomic E-state index is 4.00. The maximum Gasteiger partial charge on any atom is 1.00 e. The van der Waals surface area contributed by atoms with Gasteiger partial charge in [0.25, 0.3) is 0 Å². The van der Waals surface area contributed by atoms with Crippen molar-refractivity contribution < 1.29 is 37.7 Å². The second-order valence-electron chi connectivity index (χ2n) is 0. The minimum Gasteiger partial charge on any atom is -2.00 e. The van der Waals surface area contributed by atoms with Crippen LogP contribution in [-0.2, 0) is 13.5 Å². The summed E-state index contributed by atoms with van der Waals surface area (Å²) in [7, 11) is 0. The first-order chi connectivity index (χ1) is 1.00. The van der Waals surface area contributed by atoms with Crippen molar-refractivity contribution in [2.24, 2.45) is 0 Å². The number of hydrogen-bond acceptors (Lipinski definition) is 0. The predicted molar refractivity (Wildman–Crippen MR) is 17.3 cm³/mol. The smallest absolute Gasteiger partial charge is 1.00 e. The summed E-state index contributed by atoms with van der Waals surface area (Å²) in [5, 5.41) is 0. The zero-order valence-corrected chi connectivity index (χ0v) is 4.38. The van der Waals surface area contributed by atoms with E-state index in [9.17, 15) is 0 Å². The largest absolute Gasteiger partial charge is 2.00 e. The van der Waals surface area contributed by atoms with E-state index < -0.39 is 0 Å². The first-order valence-corrected chi connectivity index (χ1v) is 0.333. The molecule has 0 heterocycles. The third-order valence-electron chi connectivity index (χ3n) is 0. The summed E-state index contributed by atoms with van der Waals surface area (Å²) in [5.74, 6) is 0. The monoisotopic (exact) mass is 72.0 g/mol. The molecule has 0 aromatic heterocycles. The molecule has 3 heteroatoms. The molecule has 0 spiro atoms. The van der Waals surface area contributed by atoms with E-state index >= 15 is 0 Å². The quantitative estimate of drug-likeness (QED) is 0.197. The second kappa shape index (κ2) is 70.5. The number of rotatable bonds is 0. The van der Waals surface area contributed by atoms with Gasteiger partial charge in [0.15, 0.2) is 0 Å². The molecule has 0 saturated carbocycles. The van der Waals surface area contributed by atoms with E-state index in [0.717, 1.165) is 0 Å². The Morgan fingerprint density at radius 1 is 0.800 bits per heavy atom. The molecule has 0 atom stereocenters. The minimum absolute atomic E-state index is 0. The van der Waals surface area contributed by atoms with Crippen molar-refractivity contribution in [1.82, 2.24) is 0 Å². The van der Waals surface area contributed by atoms with Crippen LogP contribution < -0.4 is 37.7 Å². The fraction of sp³-hybridized carbons (Fsp3) is 0. The second-order valence-corrected chi connectivity index (χ2v) is 0. The first-order valence-electron chi connectivity index (χ1n) is 0.333. The van der Waals surface area contributed by atoms with E-state index in [-0.39, 0.29) is 51.2 Å². The van der Waals surface area contributed by atoms with Crippen molar-refractivity contribution in [3.05, 3.63) is 0 Å². The van der Waals surface area contributed by atoms with E-state index in [1.165, 1.54) is 0 Å². The third-order valence-corrected chi connectivity index (χ3v) is 0. The Kier molecular flexibility index (Phi) is 506. The van der Waals surface area contributed by atoms with Crippen molar-refractivity contribution in [2.45, 2.75) is 0 Å². The van der Waals surface area contributed by atoms with Gasteiger partial charge in [0, 0.05) is 0 Å². The number of hydrogen-bond donors (Lipinski definition) is 0. The SMILES string of the molecule is C#C.[Li+].[Li+].[S-2]. The Hall–Kier alpha value is 1.10. The molecule has 5 heavy (non-hydrogen) atoms. The zero-order valence-electron chi connectivity index (χ0n) is 3.56. The van der Waals surface area contributed by atoms with Gasteiger partial charge in [0.1, 0.15) is 0 Å². The van der Waals surface area contributed by atoms with E-state index in [0.29, 0.717) is 0 Å². The van der Waals surface area contributed by atoms with Crippen molar-refractivity contribution in [1.29, 1.82) is 0 Å². The Bertz CT molecular complexity index is 12.4. The summed E-state index contributed by atoms with van der Waals surface area (Å²) in [4.78, 5) is 0. The molecule has 0 nitrogen and oxygen atoms in total. The molecule has 0 saturated heterocycles. The van der Waals surface area contributed by atoms with Crippen molar-refractivity contribution >= 4 is 13.5 Å². The average molecular weight is 72.0 g/mol. The maximum absolute atomic E-state index is 4.00. The van der Waals surface area contributed by atoms with Gasteiger partial charge in [-0.2, -0.15) is 0 Å². The third kappa shape index (κ3) is 40.3. The van der Waals surface area contributed by atoms with Crippen molar-refractivity contribution in [2.75, 3.05) is 0 Å². The van der Waals surface area contributed by atoms with E-state index in [1.807, 2.05) is 0 Å². The van der Waals surface area contributed by atoms with Crippen LogP contribution in [-0.4, -0.2) is 0 Å². The van der Waals surface area contributed by atoms with Gasteiger partial charge in [-0.3, -0.25) is 0 Å². The molecule has 0 rings (SSSR count). The summed E-state index contributed by atoms with van der Waals surface area (Å²) >= 11 is 0. The summed E-state index contributed by atoms with van der Waals surface area (Å²) in [6, 6.07) is 0. The summed E-state index contributed by atoms with van der Waals surface area (Å²) in [5.41, 5.74) is 0. The molecular formula is C2H2Li2S. The summed E-state index contributed by atoms with van der Waals surface area (Å²) in [6.45, 7) is 0. The fourth-order valence-corrected chi connectivity index (χ4v) is 0. The van der Waals surface area contributed by atoms with Gasteiger partial charge in [-0.1, -0.05) is 0 Å². The predicted octanol–water partition coefficient (Wildman–Crippen LogP) is -5.74. The fourth-order valence-electron chi connectivity index (χ4n) is 0. The summed E-state index contributed by atoms with van der Waals surface area (Å²) in [6.07, 6.45) is 8.00. The molecule has 0 N–H and O–H groups in total. The number of terminal acetylenes is 1. The molecule has 0 aromatic rings. The molecule has 0 unspecified atom stereocenters. The van der Waals surface area contributed by atoms with Crippen LogP contribution in [0.1, 0.15) is 0 Å². The minimum atomic E-state index is 0. The topological polar surface area (TPSA) is 0 Å². The van der Waals surface area contributed by atoms with Gasteiger partial charge >= 0.3 is 37.7 Å². The molecule has 0 aliphatic heterocycles. The van der Waals surface area contributed by atoms with Crippen LogP contribution in [0.5, 0.6) is 0 Å². The molecule has 18 valence electrons. The van der Waals surface area contributed by atoms with E-state index in [4.69, 9.17) is 0 Å². The van der Waals surface area contributed by atoms with Crippen LogP contribution in [0, 0.1) is 12.8 Å². The van der Waals surface area contributed by atoms with Crippen LogP contribution in [0.15, 0.2) is 0 Å². The van der Waals surface area contributed by atoms with E-state index in [2.05, 4.69) is 12.8 Å². The van der Waals surface area contributed by atoms with Crippen LogP contribution >= 0.6 is 0 Å². The van der Waals surface area contributed by atoms with Gasteiger partial charge in [-0.25, -0.2) is 0 Å². The molecule has 0 fully saturated rings. The zero-order chi connectivity index (χ0) is 2.00. The summed E-state index contributed by atoms with van der Waals surface area (Å²) < 4.78 is 0. The van der Waals surface area contributed by atoms with Gasteiger partial charge in [-0.15, -0.1) is 12.8 Å². The molecule has 0 aliphatic rings. The molecule has 0 bridgehead atoms. The van der Waals surface area contributed by atoms with E-state index in [1.54, 1.807) is 0 Å². The Morgan fingerprint density at radius 2 is 0.800 bits per heavy atom. The molecular weight excluding hydrogens is 70.0 g/mol. The molecule has 0 amide bonds. The van der Waals surface area contributed by atoms with Crippen molar-refractivity contribution in [3.8, 4) is 12.8 Å². The van der Waals surface area contributed by atoms with Gasteiger partial charge in [-0.05, 0) is 0 Å². The molecule has 0 aliphatic carbocycles. The molecule has 0 radical (unpaired) electrons. The van der Waals surface area contributed by atoms with Crippen molar-refractivity contribution in [3.63, 3.8) is 0 Å². The van der Waals surface area contributed by atoms with Gasteiger partial charge < -0.3 is 13.5 Å². The Labute approximate surface area is 63.9 Å². The van der Waals surface area contributed by atoms with Gasteiger partial charge in [0.05, 0.1) is 0 Å². The first kappa shape index (κ1) is 35.9. The average Bonchev–Trinajstić information content (AvgIpc) is 1.00. The normalized spacial score (nSPS) is 0.400. The van der Waals surface area contributed by atoms with Crippen LogP contribution in [0.3, 0.4) is 0 Å². The van der Waals surface area contributed by atoms with Gasteiger partial charge in [0.2, 0.25) is 0 Å². The Balaban J connectivity index is -0.00000000167. The van der Waals surface area contributed by atoms with Crippen LogP contribution in [0.4, 0.5) is 0 Å². The van der Waals surface area contributed by atoms with Crippen LogP contribution in [0.2, 0.25) is 0 Å². The molecule has 0 aromatic carbocycles. The van der Waals surface area contributed by atoms with Crippen LogP contribution in [0.25, 0.3) is 0 Å². The standard InChI is InChI=1S/C2H2.2Li.S/c1-2;;;/h1-2H;;;/q;2*+1;-2. The Morgan fingerprint density at radius 3 is 0.800 bits per heavy atom.